The molecule has 0 bridgehead atoms. The van der Waals surface area contributed by atoms with Crippen molar-refractivity contribution >= 4 is 28.3 Å². The van der Waals surface area contributed by atoms with Crippen LogP contribution in [0.4, 0.5) is 5.69 Å². The Labute approximate surface area is 194 Å². The number of nitrogens with zero attached hydrogens (tertiary/aromatic N) is 2. The molecule has 1 aromatic heterocycles. The van der Waals surface area contributed by atoms with Crippen LogP contribution in [0.25, 0.3) is 22.1 Å². The second kappa shape index (κ2) is 8.89. The molecule has 4 nitrogen and oxygen atoms in total. The van der Waals surface area contributed by atoms with Gasteiger partial charge in [-0.15, -0.1) is 0 Å². The first-order valence-corrected chi connectivity index (χ1v) is 11.4. The lowest BCUT2D eigenvalue weighted by Gasteiger charge is -2.36. The molecule has 1 fully saturated rings. The van der Waals surface area contributed by atoms with E-state index < -0.39 is 0 Å². The Balaban J connectivity index is 1.37. The van der Waals surface area contributed by atoms with Gasteiger partial charge in [0.2, 0.25) is 0 Å². The summed E-state index contributed by atoms with van der Waals surface area (Å²) in [4.78, 5) is 4.86. The third-order valence-corrected chi connectivity index (χ3v) is 6.50. The van der Waals surface area contributed by atoms with Crippen LogP contribution in [0.5, 0.6) is 5.75 Å². The molecule has 0 unspecified atom stereocenters. The Bertz CT molecular complexity index is 1230. The van der Waals surface area contributed by atoms with E-state index in [2.05, 4.69) is 52.3 Å². The Morgan fingerprint density at radius 1 is 0.938 bits per heavy atom. The molecule has 0 N–H and O–H groups in total. The molecule has 5 rings (SSSR count). The van der Waals surface area contributed by atoms with Gasteiger partial charge in [0.05, 0.1) is 7.11 Å². The lowest BCUT2D eigenvalue weighted by molar-refractivity contribution is 0.246. The van der Waals surface area contributed by atoms with Gasteiger partial charge in [-0.2, -0.15) is 0 Å². The largest absolute Gasteiger partial charge is 0.496 e. The zero-order valence-electron chi connectivity index (χ0n) is 18.5. The van der Waals surface area contributed by atoms with E-state index in [0.717, 1.165) is 76.9 Å². The molecule has 0 spiro atoms. The Hall–Kier alpha value is -2.95. The van der Waals surface area contributed by atoms with E-state index in [9.17, 15) is 0 Å². The molecule has 1 aliphatic heterocycles. The van der Waals surface area contributed by atoms with Crippen LogP contribution in [-0.2, 0) is 6.54 Å². The van der Waals surface area contributed by atoms with Gasteiger partial charge in [-0.1, -0.05) is 48.0 Å². The fourth-order valence-electron chi connectivity index (χ4n) is 4.64. The second-order valence-electron chi connectivity index (χ2n) is 8.30. The van der Waals surface area contributed by atoms with E-state index in [4.69, 9.17) is 20.8 Å². The van der Waals surface area contributed by atoms with Crippen molar-refractivity contribution in [1.82, 2.24) is 4.90 Å². The van der Waals surface area contributed by atoms with Gasteiger partial charge in [-0.25, -0.2) is 0 Å². The highest BCUT2D eigenvalue weighted by Gasteiger charge is 2.21. The summed E-state index contributed by atoms with van der Waals surface area (Å²) in [6, 6.07) is 22.8. The molecule has 4 aromatic rings. The topological polar surface area (TPSA) is 28.9 Å². The maximum Gasteiger partial charge on any atom is 0.135 e. The first-order chi connectivity index (χ1) is 15.6. The van der Waals surface area contributed by atoms with Crippen LogP contribution in [0.15, 0.2) is 71.1 Å². The zero-order valence-corrected chi connectivity index (χ0v) is 19.2. The molecule has 32 heavy (non-hydrogen) atoms. The number of benzene rings is 3. The lowest BCUT2D eigenvalue weighted by Crippen LogP contribution is -2.46. The second-order valence-corrected chi connectivity index (χ2v) is 8.74. The van der Waals surface area contributed by atoms with Crippen molar-refractivity contribution in [3.8, 4) is 16.9 Å². The molecule has 0 radical (unpaired) electrons. The number of fused-ring (bicyclic) bond motifs is 1. The van der Waals surface area contributed by atoms with Crippen molar-refractivity contribution in [2.45, 2.75) is 13.5 Å². The van der Waals surface area contributed by atoms with E-state index in [1.165, 1.54) is 5.69 Å². The van der Waals surface area contributed by atoms with Crippen molar-refractivity contribution in [3.05, 3.63) is 83.1 Å². The molecule has 0 saturated carbocycles. The van der Waals surface area contributed by atoms with Crippen molar-refractivity contribution in [1.29, 1.82) is 0 Å². The van der Waals surface area contributed by atoms with Crippen LogP contribution in [0, 0.1) is 6.92 Å². The van der Waals surface area contributed by atoms with Gasteiger partial charge in [0.1, 0.15) is 17.1 Å². The van der Waals surface area contributed by atoms with Crippen molar-refractivity contribution < 1.29 is 9.15 Å². The monoisotopic (exact) mass is 446 g/mol. The van der Waals surface area contributed by atoms with Gasteiger partial charge in [-0.3, -0.25) is 4.90 Å². The Morgan fingerprint density at radius 2 is 1.72 bits per heavy atom. The minimum atomic E-state index is 0.784. The number of rotatable bonds is 5. The summed E-state index contributed by atoms with van der Waals surface area (Å²) < 4.78 is 12.0. The predicted molar refractivity (Wildman–Crippen MR) is 132 cm³/mol. The Morgan fingerprint density at radius 3 is 2.44 bits per heavy atom. The number of piperazine rings is 1. The van der Waals surface area contributed by atoms with E-state index >= 15 is 0 Å². The number of anilines is 1. The minimum absolute atomic E-state index is 0.784. The highest BCUT2D eigenvalue weighted by Crippen LogP contribution is 2.38. The highest BCUT2D eigenvalue weighted by atomic mass is 35.5. The number of hydrogen-bond donors (Lipinski definition) is 0. The predicted octanol–water partition coefficient (Wildman–Crippen LogP) is 6.39. The number of methoxy groups -OCH3 is 1. The van der Waals surface area contributed by atoms with Crippen molar-refractivity contribution in [2.75, 3.05) is 38.2 Å². The molecule has 164 valence electrons. The van der Waals surface area contributed by atoms with E-state index in [1.807, 2.05) is 31.2 Å². The van der Waals surface area contributed by atoms with Gasteiger partial charge in [0.15, 0.2) is 0 Å². The molecule has 2 heterocycles. The van der Waals surface area contributed by atoms with Gasteiger partial charge < -0.3 is 14.1 Å². The highest BCUT2D eigenvalue weighted by molar-refractivity contribution is 6.30. The summed E-state index contributed by atoms with van der Waals surface area (Å²) in [5.74, 6) is 1.84. The average Bonchev–Trinajstić information content (AvgIpc) is 3.14. The summed E-state index contributed by atoms with van der Waals surface area (Å²) in [5.41, 5.74) is 5.56. The number of ether oxygens (including phenoxy) is 1. The van der Waals surface area contributed by atoms with Crippen LogP contribution in [0.1, 0.15) is 11.3 Å². The molecule has 0 aliphatic carbocycles. The SMILES string of the molecule is COc1cc2c(-c3ccccc3)c(C)oc2cc1CN1CCN(c2cccc(Cl)c2)CC1. The molecule has 0 atom stereocenters. The molecule has 1 aliphatic rings. The smallest absolute Gasteiger partial charge is 0.135 e. The van der Waals surface area contributed by atoms with E-state index in [-0.39, 0.29) is 0 Å². The molecular formula is C27H27ClN2O2. The quantitative estimate of drug-likeness (QED) is 0.355. The number of halogens is 1. The first-order valence-electron chi connectivity index (χ1n) is 11.0. The molecular weight excluding hydrogens is 420 g/mol. The molecule has 0 amide bonds. The summed E-state index contributed by atoms with van der Waals surface area (Å²) in [7, 11) is 1.75. The fourth-order valence-corrected chi connectivity index (χ4v) is 4.83. The third-order valence-electron chi connectivity index (χ3n) is 6.27. The number of aryl methyl sites for hydroxylation is 1. The van der Waals surface area contributed by atoms with Gasteiger partial charge in [0, 0.05) is 59.9 Å². The first kappa shape index (κ1) is 20.9. The number of hydrogen-bond acceptors (Lipinski definition) is 4. The number of furan rings is 1. The Kier molecular flexibility index (Phi) is 5.81. The van der Waals surface area contributed by atoms with Crippen molar-refractivity contribution in [2.24, 2.45) is 0 Å². The van der Waals surface area contributed by atoms with Crippen LogP contribution in [-0.4, -0.2) is 38.2 Å². The van der Waals surface area contributed by atoms with Crippen LogP contribution in [0.2, 0.25) is 5.02 Å². The maximum atomic E-state index is 6.17. The summed E-state index contributed by atoms with van der Waals surface area (Å²) in [6.07, 6.45) is 0. The fraction of sp³-hybridized carbons (Fsp3) is 0.259. The third kappa shape index (κ3) is 4.08. The van der Waals surface area contributed by atoms with E-state index in [1.54, 1.807) is 7.11 Å². The van der Waals surface area contributed by atoms with Crippen LogP contribution < -0.4 is 9.64 Å². The summed E-state index contributed by atoms with van der Waals surface area (Å²) >= 11 is 6.17. The zero-order chi connectivity index (χ0) is 22.1. The maximum absolute atomic E-state index is 6.17. The molecule has 5 heteroatoms. The summed E-state index contributed by atoms with van der Waals surface area (Å²) in [5, 5.41) is 1.88. The van der Waals surface area contributed by atoms with Crippen molar-refractivity contribution in [3.63, 3.8) is 0 Å². The van der Waals surface area contributed by atoms with Gasteiger partial charge in [-0.05, 0) is 42.8 Å². The minimum Gasteiger partial charge on any atom is -0.496 e. The lowest BCUT2D eigenvalue weighted by atomic mass is 10.0. The molecule has 3 aromatic carbocycles. The van der Waals surface area contributed by atoms with Gasteiger partial charge >= 0.3 is 0 Å². The van der Waals surface area contributed by atoms with E-state index in [0.29, 0.717) is 0 Å². The molecule has 1 saturated heterocycles. The average molecular weight is 447 g/mol. The summed E-state index contributed by atoms with van der Waals surface area (Å²) in [6.45, 7) is 6.79. The normalized spacial score (nSPS) is 14.8. The van der Waals surface area contributed by atoms with Crippen LogP contribution >= 0.6 is 11.6 Å². The van der Waals surface area contributed by atoms with Crippen LogP contribution in [0.3, 0.4) is 0 Å². The standard InChI is InChI=1S/C27H27ClN2O2/c1-19-27(20-7-4-3-5-8-20)24-17-25(31-2)21(15-26(24)32-19)18-29-11-13-30(14-12-29)23-10-6-9-22(28)16-23/h3-10,15-17H,11-14,18H2,1-2H3. The van der Waals surface area contributed by atoms with Gasteiger partial charge in [0.25, 0.3) is 0 Å².